The summed E-state index contributed by atoms with van der Waals surface area (Å²) in [5, 5.41) is 7.34. The summed E-state index contributed by atoms with van der Waals surface area (Å²) in [5.74, 6) is 0. The summed E-state index contributed by atoms with van der Waals surface area (Å²) >= 11 is -0.0765. The van der Waals surface area contributed by atoms with Gasteiger partial charge in [-0.1, -0.05) is 12.1 Å². The van der Waals surface area contributed by atoms with Crippen molar-refractivity contribution in [3.05, 3.63) is 322 Å². The normalized spacial score (nSPS) is 12.6. The molecule has 0 amide bonds. The van der Waals surface area contributed by atoms with Crippen LogP contribution in [0.1, 0.15) is 0 Å². The molecule has 2 aliphatic heterocycles. The van der Waals surface area contributed by atoms with Crippen LogP contribution < -0.4 is 30.2 Å². The molecule has 14 aromatic carbocycles. The number of aromatic nitrogens is 3. The fourth-order valence-electron chi connectivity index (χ4n) is 15.3. The third-order valence-electron chi connectivity index (χ3n) is 19.1. The van der Waals surface area contributed by atoms with Crippen molar-refractivity contribution < 1.29 is 0 Å². The number of benzene rings is 14. The van der Waals surface area contributed by atoms with Crippen LogP contribution in [0.25, 0.3) is 127 Å². The van der Waals surface area contributed by atoms with Gasteiger partial charge in [0.2, 0.25) is 0 Å². The number of hydrogen-bond donors (Lipinski definition) is 0. The zero-order valence-electron chi connectivity index (χ0n) is 48.9. The second-order valence-electron chi connectivity index (χ2n) is 23.9. The molecular formula is C84H53BN4Se. The Hall–Kier alpha value is -11.1. The summed E-state index contributed by atoms with van der Waals surface area (Å²) in [5.41, 5.74) is 27.4. The van der Waals surface area contributed by atoms with Crippen molar-refractivity contribution >= 4 is 129 Å². The second kappa shape index (κ2) is 20.2. The Balaban J connectivity index is 0.995. The van der Waals surface area contributed by atoms with E-state index in [0.29, 0.717) is 0 Å². The van der Waals surface area contributed by atoms with Gasteiger partial charge < -0.3 is 0 Å². The summed E-state index contributed by atoms with van der Waals surface area (Å²) < 4.78 is 10.4. The number of hydrogen-bond acceptors (Lipinski definition) is 1. The summed E-state index contributed by atoms with van der Waals surface area (Å²) in [4.78, 5) is 2.73. The number of rotatable bonds is 8. The van der Waals surface area contributed by atoms with Gasteiger partial charge in [0.1, 0.15) is 0 Å². The van der Waals surface area contributed by atoms with E-state index in [1.165, 1.54) is 119 Å². The van der Waals surface area contributed by atoms with Crippen LogP contribution in [0.2, 0.25) is 0 Å². The quantitative estimate of drug-likeness (QED) is 0.139. The van der Waals surface area contributed by atoms with E-state index in [0.717, 1.165) is 50.7 Å². The molecule has 0 unspecified atom stereocenters. The monoisotopic (exact) mass is 1210 g/mol. The Morgan fingerprint density at radius 1 is 0.256 bits per heavy atom. The Kier molecular flexibility index (Phi) is 11.4. The minimum atomic E-state index is -0.0879. The maximum absolute atomic E-state index is 2.73. The average Bonchev–Trinajstić information content (AvgIpc) is 0.742. The van der Waals surface area contributed by atoms with Gasteiger partial charge in [-0.25, -0.2) is 0 Å². The van der Waals surface area contributed by atoms with Gasteiger partial charge in [-0.15, -0.1) is 0 Å². The maximum atomic E-state index is 2.73. The van der Waals surface area contributed by atoms with Gasteiger partial charge in [-0.3, -0.25) is 0 Å². The van der Waals surface area contributed by atoms with E-state index in [1.807, 2.05) is 0 Å². The first-order valence-corrected chi connectivity index (χ1v) is 32.7. The Bertz CT molecular complexity index is 5540. The van der Waals surface area contributed by atoms with Gasteiger partial charge in [0.15, 0.2) is 0 Å². The first-order valence-electron chi connectivity index (χ1n) is 31.0. The molecule has 418 valence electrons. The van der Waals surface area contributed by atoms with Gasteiger partial charge in [-0.2, -0.15) is 0 Å². The van der Waals surface area contributed by atoms with Crippen molar-refractivity contribution in [2.45, 2.75) is 0 Å². The van der Waals surface area contributed by atoms with E-state index in [-0.39, 0.29) is 21.7 Å². The fourth-order valence-corrected chi connectivity index (χ4v) is 17.8. The van der Waals surface area contributed by atoms with E-state index >= 15 is 0 Å². The van der Waals surface area contributed by atoms with Crippen molar-refractivity contribution in [1.29, 1.82) is 0 Å². The number of fused-ring (bicyclic) bond motifs is 13. The predicted molar refractivity (Wildman–Crippen MR) is 382 cm³/mol. The molecule has 0 N–H and O–H groups in total. The van der Waals surface area contributed by atoms with E-state index in [1.54, 1.807) is 0 Å². The standard InChI is InChI=1S/C84H53BN4Se/c1-5-24-54(25-6-1)56-46-48-77-71(50-56)85-72-51-57(55-26-7-2-8-27-55)47-49-79(72)90-80-53-60(86-73-42-17-13-32-61(73)62-33-14-18-43-74(62)86)52-78(81(80)85)89(77)84-69(67-38-21-36-65-63-34-15-19-44-75(63)87(82(65)67)58-28-9-3-10-29-58)40-23-41-70(84)68-39-22-37-66-64-35-16-20-45-76(64)88(83(66)68)59-30-11-4-12-31-59/h1-53H. The number of nitrogens with zero attached hydrogens (tertiary/aromatic N) is 4. The molecule has 0 saturated carbocycles. The van der Waals surface area contributed by atoms with E-state index in [4.69, 9.17) is 0 Å². The van der Waals surface area contributed by atoms with Crippen molar-refractivity contribution in [3.63, 3.8) is 0 Å². The van der Waals surface area contributed by atoms with Crippen LogP contribution in [0.3, 0.4) is 0 Å². The molecule has 5 heterocycles. The van der Waals surface area contributed by atoms with Gasteiger partial charge >= 0.3 is 519 Å². The molecule has 90 heavy (non-hydrogen) atoms. The second-order valence-corrected chi connectivity index (χ2v) is 26.1. The summed E-state index contributed by atoms with van der Waals surface area (Å²) in [6.45, 7) is -0.0879. The molecule has 19 rings (SSSR count). The summed E-state index contributed by atoms with van der Waals surface area (Å²) in [6, 6.07) is 121. The van der Waals surface area contributed by atoms with Crippen molar-refractivity contribution in [3.8, 4) is 61.6 Å². The molecule has 0 aliphatic carbocycles. The Labute approximate surface area is 527 Å². The van der Waals surface area contributed by atoms with Crippen LogP contribution in [-0.4, -0.2) is 35.4 Å². The first-order chi connectivity index (χ1) is 44.7. The summed E-state index contributed by atoms with van der Waals surface area (Å²) in [7, 11) is 0. The summed E-state index contributed by atoms with van der Waals surface area (Å²) in [6.07, 6.45) is 0. The van der Waals surface area contributed by atoms with Gasteiger partial charge in [0.25, 0.3) is 0 Å². The van der Waals surface area contributed by atoms with Crippen LogP contribution >= 0.6 is 0 Å². The van der Waals surface area contributed by atoms with Gasteiger partial charge in [0, 0.05) is 0 Å². The zero-order chi connectivity index (χ0) is 59.0. The number of anilines is 3. The molecule has 6 heteroatoms. The fraction of sp³-hybridized carbons (Fsp3) is 0. The molecule has 0 radical (unpaired) electrons. The molecule has 17 aromatic rings. The number of para-hydroxylation sites is 9. The molecular weight excluding hydrogens is 1150 g/mol. The SMILES string of the molecule is c1ccc(-c2ccc3c(c2)B2c4cc(-c5ccccc5)ccc4N(c4c(-c5cccc6c7ccccc7n(-c7ccccc7)c56)cccc4-c4cccc5c6ccccc6n(-c6ccccc6)c45)c4cc(-n5c6ccccc6c6ccccc65)cc(c42)[Se]3)cc1. The third-order valence-corrected chi connectivity index (χ3v) is 21.5. The Morgan fingerprint density at radius 3 is 1.19 bits per heavy atom. The van der Waals surface area contributed by atoms with Crippen LogP contribution in [-0.2, 0) is 0 Å². The zero-order valence-corrected chi connectivity index (χ0v) is 50.6. The molecule has 0 spiro atoms. The van der Waals surface area contributed by atoms with Crippen molar-refractivity contribution in [1.82, 2.24) is 13.7 Å². The van der Waals surface area contributed by atoms with Crippen LogP contribution in [0.4, 0.5) is 17.1 Å². The molecule has 0 fully saturated rings. The molecule has 0 bridgehead atoms. The molecule has 3 aromatic heterocycles. The average molecular weight is 1210 g/mol. The molecule has 0 saturated heterocycles. The van der Waals surface area contributed by atoms with E-state index < -0.39 is 0 Å². The van der Waals surface area contributed by atoms with Crippen molar-refractivity contribution in [2.24, 2.45) is 0 Å². The molecule has 0 atom stereocenters. The molecule has 2 aliphatic rings. The third kappa shape index (κ3) is 7.63. The van der Waals surface area contributed by atoms with Gasteiger partial charge in [-0.05, 0) is 0 Å². The van der Waals surface area contributed by atoms with Crippen LogP contribution in [0, 0.1) is 0 Å². The van der Waals surface area contributed by atoms with E-state index in [2.05, 4.69) is 340 Å². The van der Waals surface area contributed by atoms with Gasteiger partial charge in [0.05, 0.1) is 0 Å². The van der Waals surface area contributed by atoms with Crippen molar-refractivity contribution in [2.75, 3.05) is 4.90 Å². The predicted octanol–water partition coefficient (Wildman–Crippen LogP) is 17.9. The Morgan fingerprint density at radius 2 is 0.667 bits per heavy atom. The van der Waals surface area contributed by atoms with Crippen LogP contribution in [0.5, 0.6) is 0 Å². The molecule has 4 nitrogen and oxygen atoms in total. The first kappa shape index (κ1) is 51.0. The van der Waals surface area contributed by atoms with E-state index in [9.17, 15) is 0 Å². The topological polar surface area (TPSA) is 18.0 Å². The van der Waals surface area contributed by atoms with Crippen LogP contribution in [0.15, 0.2) is 322 Å². The minimum absolute atomic E-state index is 0.0765.